The first-order chi connectivity index (χ1) is 15.1. The van der Waals surface area contributed by atoms with Crippen LogP contribution in [0.4, 0.5) is 17.6 Å². The summed E-state index contributed by atoms with van der Waals surface area (Å²) in [6.07, 6.45) is -4.55. The fraction of sp³-hybridized carbons (Fsp3) is 0.261. The van der Waals surface area contributed by atoms with E-state index >= 15 is 0 Å². The smallest absolute Gasteiger partial charge is 0.394 e. The van der Waals surface area contributed by atoms with Crippen molar-refractivity contribution in [1.82, 2.24) is 10.3 Å². The number of pyridine rings is 1. The number of benzene rings is 2. The molecule has 32 heavy (non-hydrogen) atoms. The van der Waals surface area contributed by atoms with Crippen LogP contribution in [0.15, 0.2) is 66.9 Å². The van der Waals surface area contributed by atoms with Crippen molar-refractivity contribution in [3.8, 4) is 0 Å². The molecular weight excluding hydrogens is 448 g/mol. The summed E-state index contributed by atoms with van der Waals surface area (Å²) in [6, 6.07) is 14.2. The number of aliphatic hydroxyl groups excluding tert-OH is 2. The summed E-state index contributed by atoms with van der Waals surface area (Å²) in [5, 5.41) is 22.6. The minimum absolute atomic E-state index is 0.0337. The molecule has 0 spiro atoms. The van der Waals surface area contributed by atoms with Crippen molar-refractivity contribution in [3.63, 3.8) is 0 Å². The lowest BCUT2D eigenvalue weighted by atomic mass is 9.79. The lowest BCUT2D eigenvalue weighted by Gasteiger charge is -2.36. The molecule has 0 saturated heterocycles. The zero-order valence-electron chi connectivity index (χ0n) is 16.8. The van der Waals surface area contributed by atoms with E-state index in [1.807, 2.05) is 0 Å². The molecule has 0 amide bonds. The normalized spacial score (nSPS) is 14.7. The molecule has 3 N–H and O–H groups in total. The largest absolute Gasteiger partial charge is 0.416 e. The predicted molar refractivity (Wildman–Crippen MR) is 113 cm³/mol. The summed E-state index contributed by atoms with van der Waals surface area (Å²) in [5.41, 5.74) is -1.65. The van der Waals surface area contributed by atoms with E-state index in [1.54, 1.807) is 30.3 Å². The Morgan fingerprint density at radius 2 is 1.69 bits per heavy atom. The Bertz CT molecular complexity index is 1030. The summed E-state index contributed by atoms with van der Waals surface area (Å²) in [5.74, 6) is -1.06. The third-order valence-electron chi connectivity index (χ3n) is 5.04. The average Bonchev–Trinajstić information content (AvgIpc) is 2.76. The van der Waals surface area contributed by atoms with Crippen LogP contribution in [-0.2, 0) is 18.1 Å². The number of aromatic nitrogens is 1. The minimum Gasteiger partial charge on any atom is -0.394 e. The second-order valence-corrected chi connectivity index (χ2v) is 7.81. The number of nitrogens with zero attached hydrogens (tertiary/aromatic N) is 1. The molecule has 3 aromatic rings. The molecule has 0 bridgehead atoms. The molecule has 0 radical (unpaired) electrons. The van der Waals surface area contributed by atoms with Gasteiger partial charge in [0.25, 0.3) is 0 Å². The van der Waals surface area contributed by atoms with Crippen LogP contribution >= 0.6 is 11.6 Å². The maximum absolute atomic E-state index is 14.4. The second kappa shape index (κ2) is 9.95. The first-order valence-electron chi connectivity index (χ1n) is 9.72. The van der Waals surface area contributed by atoms with Gasteiger partial charge in [0.15, 0.2) is 0 Å². The van der Waals surface area contributed by atoms with E-state index in [2.05, 4.69) is 10.3 Å². The van der Waals surface area contributed by atoms with Gasteiger partial charge in [-0.3, -0.25) is 10.3 Å². The molecule has 170 valence electrons. The summed E-state index contributed by atoms with van der Waals surface area (Å²) >= 11 is 5.96. The monoisotopic (exact) mass is 468 g/mol. The molecule has 4 nitrogen and oxygen atoms in total. The molecule has 0 fully saturated rings. The van der Waals surface area contributed by atoms with E-state index in [0.29, 0.717) is 11.1 Å². The fourth-order valence-electron chi connectivity index (χ4n) is 3.48. The van der Waals surface area contributed by atoms with Gasteiger partial charge in [-0.1, -0.05) is 41.9 Å². The minimum atomic E-state index is -4.77. The molecule has 0 aliphatic carbocycles. The Morgan fingerprint density at radius 3 is 2.28 bits per heavy atom. The first kappa shape index (κ1) is 24.1. The summed E-state index contributed by atoms with van der Waals surface area (Å²) < 4.78 is 54.9. The maximum Gasteiger partial charge on any atom is 0.416 e. The lowest BCUT2D eigenvalue weighted by molar-refractivity contribution is -0.137. The zero-order valence-corrected chi connectivity index (χ0v) is 17.5. The molecule has 1 unspecified atom stereocenters. The summed E-state index contributed by atoms with van der Waals surface area (Å²) in [4.78, 5) is 4.31. The van der Waals surface area contributed by atoms with Crippen LogP contribution in [0.25, 0.3) is 0 Å². The van der Waals surface area contributed by atoms with Crippen molar-refractivity contribution in [2.45, 2.75) is 24.2 Å². The van der Waals surface area contributed by atoms with Crippen LogP contribution in [0.3, 0.4) is 0 Å². The van der Waals surface area contributed by atoms with Crippen molar-refractivity contribution in [3.05, 3.63) is 100 Å². The predicted octanol–water partition coefficient (Wildman–Crippen LogP) is 4.32. The van der Waals surface area contributed by atoms with Crippen molar-refractivity contribution in [2.24, 2.45) is 0 Å². The van der Waals surface area contributed by atoms with Gasteiger partial charge in [-0.2, -0.15) is 13.2 Å². The average molecular weight is 469 g/mol. The molecule has 0 aliphatic heterocycles. The standard InChI is InChI=1S/C23H21ClF4N2O2/c24-18-6-7-21(29-12-18)22(30-13-20(32)14-31,11-15-4-2-1-3-5-15)16-8-17(23(26,27)28)10-19(25)9-16/h1-10,12,20,30-32H,11,13-14H2/t20?,22-/m0/s1. The second-order valence-electron chi connectivity index (χ2n) is 7.37. The highest BCUT2D eigenvalue weighted by atomic mass is 35.5. The Balaban J connectivity index is 2.26. The Morgan fingerprint density at radius 1 is 1.00 bits per heavy atom. The molecular formula is C23H21ClF4N2O2. The van der Waals surface area contributed by atoms with Gasteiger partial charge in [0, 0.05) is 19.2 Å². The molecule has 1 aromatic heterocycles. The van der Waals surface area contributed by atoms with Gasteiger partial charge in [0.05, 0.1) is 34.5 Å². The molecule has 3 rings (SSSR count). The van der Waals surface area contributed by atoms with E-state index in [-0.39, 0.29) is 24.2 Å². The van der Waals surface area contributed by atoms with E-state index < -0.39 is 35.8 Å². The van der Waals surface area contributed by atoms with Crippen molar-refractivity contribution >= 4 is 11.6 Å². The highest BCUT2D eigenvalue weighted by molar-refractivity contribution is 6.30. The Hall–Kier alpha value is -2.52. The number of hydrogen-bond acceptors (Lipinski definition) is 4. The number of halogens is 5. The summed E-state index contributed by atoms with van der Waals surface area (Å²) in [6.45, 7) is -0.759. The van der Waals surface area contributed by atoms with E-state index in [4.69, 9.17) is 11.6 Å². The van der Waals surface area contributed by atoms with Crippen molar-refractivity contribution < 1.29 is 27.8 Å². The molecule has 0 aliphatic rings. The van der Waals surface area contributed by atoms with Crippen LogP contribution in [0.1, 0.15) is 22.4 Å². The molecule has 9 heteroatoms. The highest BCUT2D eigenvalue weighted by Gasteiger charge is 2.39. The van der Waals surface area contributed by atoms with Gasteiger partial charge < -0.3 is 10.2 Å². The number of hydrogen-bond donors (Lipinski definition) is 3. The van der Waals surface area contributed by atoms with Crippen LogP contribution in [0.5, 0.6) is 0 Å². The SMILES string of the molecule is OCC(O)CN[C@@](Cc1ccccc1)(c1cc(F)cc(C(F)(F)F)c1)c1ccc(Cl)cn1. The molecule has 1 heterocycles. The van der Waals surface area contributed by atoms with Crippen LogP contribution in [-0.4, -0.2) is 34.5 Å². The zero-order chi connectivity index (χ0) is 23.4. The van der Waals surface area contributed by atoms with Crippen LogP contribution in [0, 0.1) is 5.82 Å². The number of aliphatic hydroxyl groups is 2. The number of rotatable bonds is 8. The van der Waals surface area contributed by atoms with E-state index in [0.717, 1.165) is 17.7 Å². The van der Waals surface area contributed by atoms with Crippen LogP contribution in [0.2, 0.25) is 5.02 Å². The van der Waals surface area contributed by atoms with E-state index in [1.165, 1.54) is 18.3 Å². The van der Waals surface area contributed by atoms with Gasteiger partial charge in [-0.25, -0.2) is 4.39 Å². The van der Waals surface area contributed by atoms with Gasteiger partial charge in [0.2, 0.25) is 0 Å². The maximum atomic E-state index is 14.4. The fourth-order valence-corrected chi connectivity index (χ4v) is 3.59. The summed E-state index contributed by atoms with van der Waals surface area (Å²) in [7, 11) is 0. The molecule has 2 atom stereocenters. The van der Waals surface area contributed by atoms with Crippen LogP contribution < -0.4 is 5.32 Å². The number of nitrogens with one attached hydrogen (secondary N) is 1. The van der Waals surface area contributed by atoms with Gasteiger partial charge in [-0.15, -0.1) is 0 Å². The Labute approximate surface area is 187 Å². The van der Waals surface area contributed by atoms with Gasteiger partial charge in [0.1, 0.15) is 5.82 Å². The van der Waals surface area contributed by atoms with Gasteiger partial charge in [-0.05, 0) is 41.5 Å². The number of alkyl halides is 3. The molecule has 0 saturated carbocycles. The van der Waals surface area contributed by atoms with Gasteiger partial charge >= 0.3 is 6.18 Å². The van der Waals surface area contributed by atoms with Crippen molar-refractivity contribution in [2.75, 3.05) is 13.2 Å². The first-order valence-corrected chi connectivity index (χ1v) is 10.1. The topological polar surface area (TPSA) is 65.4 Å². The third-order valence-corrected chi connectivity index (χ3v) is 5.27. The van der Waals surface area contributed by atoms with Crippen molar-refractivity contribution in [1.29, 1.82) is 0 Å². The third kappa shape index (κ3) is 5.63. The Kier molecular flexibility index (Phi) is 7.51. The highest BCUT2D eigenvalue weighted by Crippen LogP contribution is 2.37. The quantitative estimate of drug-likeness (QED) is 0.431. The van der Waals surface area contributed by atoms with E-state index in [9.17, 15) is 27.8 Å². The lowest BCUT2D eigenvalue weighted by Crippen LogP contribution is -2.49. The molecule has 2 aromatic carbocycles.